The van der Waals surface area contributed by atoms with Gasteiger partial charge >= 0.3 is 6.18 Å². The number of piperazine rings is 1. The van der Waals surface area contributed by atoms with Gasteiger partial charge in [-0.25, -0.2) is 0 Å². The van der Waals surface area contributed by atoms with Crippen LogP contribution in [-0.2, 0) is 6.18 Å². The van der Waals surface area contributed by atoms with Crippen LogP contribution in [-0.4, -0.2) is 53.9 Å². The molecule has 2 amide bonds. The number of alkyl halides is 3. The van der Waals surface area contributed by atoms with E-state index in [2.05, 4.69) is 5.32 Å². The topological polar surface area (TPSA) is 95.8 Å². The zero-order chi connectivity index (χ0) is 24.3. The summed E-state index contributed by atoms with van der Waals surface area (Å²) in [6.45, 7) is 4.12. The number of nitro benzene ring substituents is 1. The molecule has 0 spiro atoms. The van der Waals surface area contributed by atoms with Crippen LogP contribution in [0.2, 0.25) is 0 Å². The average Bonchev–Trinajstić information content (AvgIpc) is 2.77. The molecule has 0 aromatic heterocycles. The van der Waals surface area contributed by atoms with Gasteiger partial charge in [0.25, 0.3) is 17.5 Å². The van der Waals surface area contributed by atoms with Crippen LogP contribution < -0.4 is 10.2 Å². The van der Waals surface area contributed by atoms with Crippen molar-refractivity contribution in [1.29, 1.82) is 0 Å². The van der Waals surface area contributed by atoms with Gasteiger partial charge < -0.3 is 15.1 Å². The molecule has 1 N–H and O–H groups in total. The lowest BCUT2D eigenvalue weighted by Gasteiger charge is -2.36. The lowest BCUT2D eigenvalue weighted by atomic mass is 10.1. The first-order chi connectivity index (χ1) is 15.5. The third-order valence-electron chi connectivity index (χ3n) is 5.22. The van der Waals surface area contributed by atoms with Gasteiger partial charge in [0.05, 0.1) is 16.1 Å². The number of anilines is 1. The Kier molecular flexibility index (Phi) is 6.89. The Morgan fingerprint density at radius 2 is 1.70 bits per heavy atom. The van der Waals surface area contributed by atoms with Crippen molar-refractivity contribution in [2.75, 3.05) is 31.1 Å². The fourth-order valence-electron chi connectivity index (χ4n) is 3.66. The van der Waals surface area contributed by atoms with E-state index in [0.29, 0.717) is 0 Å². The maximum absolute atomic E-state index is 13.3. The van der Waals surface area contributed by atoms with E-state index in [4.69, 9.17) is 0 Å². The molecule has 1 saturated heterocycles. The molecule has 1 aliphatic heterocycles. The van der Waals surface area contributed by atoms with Crippen LogP contribution in [0.5, 0.6) is 0 Å². The van der Waals surface area contributed by atoms with E-state index in [0.717, 1.165) is 12.1 Å². The molecule has 0 radical (unpaired) electrons. The van der Waals surface area contributed by atoms with E-state index in [1.807, 2.05) is 0 Å². The fourth-order valence-corrected chi connectivity index (χ4v) is 3.66. The summed E-state index contributed by atoms with van der Waals surface area (Å²) in [4.78, 5) is 39.0. The number of carbonyl (C=O) groups is 2. The maximum Gasteiger partial charge on any atom is 0.417 e. The first kappa shape index (κ1) is 24.0. The Hall–Kier alpha value is -3.63. The second-order valence-electron chi connectivity index (χ2n) is 7.91. The van der Waals surface area contributed by atoms with Crippen LogP contribution in [0.15, 0.2) is 42.5 Å². The van der Waals surface area contributed by atoms with Crippen LogP contribution in [0.1, 0.15) is 40.1 Å². The third-order valence-corrected chi connectivity index (χ3v) is 5.22. The van der Waals surface area contributed by atoms with Crippen molar-refractivity contribution in [3.05, 3.63) is 69.3 Å². The van der Waals surface area contributed by atoms with Gasteiger partial charge in [0.15, 0.2) is 0 Å². The van der Waals surface area contributed by atoms with E-state index >= 15 is 0 Å². The molecule has 3 rings (SSSR count). The number of amides is 2. The quantitative estimate of drug-likeness (QED) is 0.538. The number of hydrogen-bond acceptors (Lipinski definition) is 5. The maximum atomic E-state index is 13.3. The van der Waals surface area contributed by atoms with E-state index in [1.165, 1.54) is 35.2 Å². The van der Waals surface area contributed by atoms with Crippen LogP contribution in [0, 0.1) is 10.1 Å². The second-order valence-corrected chi connectivity index (χ2v) is 7.91. The molecular formula is C22H23F3N4O4. The minimum absolute atomic E-state index is 0.0950. The number of hydrogen-bond donors (Lipinski definition) is 1. The Balaban J connectivity index is 1.77. The molecule has 1 fully saturated rings. The summed E-state index contributed by atoms with van der Waals surface area (Å²) in [7, 11) is 0. The molecule has 2 aromatic carbocycles. The molecule has 0 unspecified atom stereocenters. The van der Waals surface area contributed by atoms with Crippen LogP contribution in [0.3, 0.4) is 0 Å². The number of nitrogens with zero attached hydrogens (tertiary/aromatic N) is 3. The van der Waals surface area contributed by atoms with Gasteiger partial charge in [0.1, 0.15) is 5.69 Å². The van der Waals surface area contributed by atoms with Crippen molar-refractivity contribution in [3.63, 3.8) is 0 Å². The molecule has 8 nitrogen and oxygen atoms in total. The highest BCUT2D eigenvalue weighted by molar-refractivity contribution is 5.97. The van der Waals surface area contributed by atoms with Crippen molar-refractivity contribution < 1.29 is 27.7 Å². The molecular weight excluding hydrogens is 441 g/mol. The number of benzene rings is 2. The summed E-state index contributed by atoms with van der Waals surface area (Å²) >= 11 is 0. The van der Waals surface area contributed by atoms with Crippen molar-refractivity contribution in [2.45, 2.75) is 26.1 Å². The van der Waals surface area contributed by atoms with Gasteiger partial charge in [-0.1, -0.05) is 12.1 Å². The number of halogens is 3. The molecule has 0 atom stereocenters. The van der Waals surface area contributed by atoms with Gasteiger partial charge in [0.2, 0.25) is 0 Å². The summed E-state index contributed by atoms with van der Waals surface area (Å²) in [5.74, 6) is -1.17. The van der Waals surface area contributed by atoms with E-state index in [-0.39, 0.29) is 49.2 Å². The van der Waals surface area contributed by atoms with Crippen molar-refractivity contribution in [3.8, 4) is 0 Å². The fraction of sp³-hybridized carbons (Fsp3) is 0.364. The largest absolute Gasteiger partial charge is 0.417 e. The third kappa shape index (κ3) is 5.41. The van der Waals surface area contributed by atoms with Gasteiger partial charge in [-0.05, 0) is 38.1 Å². The smallest absolute Gasteiger partial charge is 0.362 e. The number of rotatable bonds is 5. The Morgan fingerprint density at radius 1 is 1.06 bits per heavy atom. The summed E-state index contributed by atoms with van der Waals surface area (Å²) in [5, 5.41) is 14.3. The molecule has 0 bridgehead atoms. The van der Waals surface area contributed by atoms with E-state index in [1.54, 1.807) is 18.7 Å². The standard InChI is InChI=1S/C22H23F3N4O4/c1-14(2)26-20(30)15-7-8-18(19(13-15)29(32)33)27-9-11-28(12-10-27)21(31)16-5-3-4-6-17(16)22(23,24)25/h3-8,13-14H,9-12H2,1-2H3,(H,26,30). The highest BCUT2D eigenvalue weighted by atomic mass is 19.4. The average molecular weight is 464 g/mol. The Labute approximate surface area is 188 Å². The van der Waals surface area contributed by atoms with Gasteiger partial charge in [-0.15, -0.1) is 0 Å². The lowest BCUT2D eigenvalue weighted by Crippen LogP contribution is -2.49. The minimum Gasteiger partial charge on any atom is -0.362 e. The molecule has 11 heteroatoms. The monoisotopic (exact) mass is 464 g/mol. The predicted octanol–water partition coefficient (Wildman–Crippen LogP) is 3.71. The first-order valence-corrected chi connectivity index (χ1v) is 10.3. The highest BCUT2D eigenvalue weighted by Crippen LogP contribution is 2.33. The predicted molar refractivity (Wildman–Crippen MR) is 115 cm³/mol. The van der Waals surface area contributed by atoms with Gasteiger partial charge in [0, 0.05) is 43.9 Å². The van der Waals surface area contributed by atoms with Crippen LogP contribution in [0.25, 0.3) is 0 Å². The first-order valence-electron chi connectivity index (χ1n) is 10.3. The second kappa shape index (κ2) is 9.47. The Morgan fingerprint density at radius 3 is 2.27 bits per heavy atom. The number of nitro groups is 1. The SMILES string of the molecule is CC(C)NC(=O)c1ccc(N2CCN(C(=O)c3ccccc3C(F)(F)F)CC2)c([N+](=O)[O-])c1. The van der Waals surface area contributed by atoms with Crippen molar-refractivity contribution in [1.82, 2.24) is 10.2 Å². The highest BCUT2D eigenvalue weighted by Gasteiger charge is 2.36. The number of carbonyl (C=O) groups excluding carboxylic acids is 2. The summed E-state index contributed by atoms with van der Waals surface area (Å²) in [6, 6.07) is 8.63. The lowest BCUT2D eigenvalue weighted by molar-refractivity contribution is -0.384. The zero-order valence-corrected chi connectivity index (χ0v) is 18.1. The van der Waals surface area contributed by atoms with E-state index in [9.17, 15) is 32.9 Å². The van der Waals surface area contributed by atoms with Gasteiger partial charge in [-0.2, -0.15) is 13.2 Å². The van der Waals surface area contributed by atoms with Crippen molar-refractivity contribution in [2.24, 2.45) is 0 Å². The number of nitrogens with one attached hydrogen (secondary N) is 1. The minimum atomic E-state index is -4.65. The van der Waals surface area contributed by atoms with Crippen LogP contribution in [0.4, 0.5) is 24.5 Å². The van der Waals surface area contributed by atoms with Crippen molar-refractivity contribution >= 4 is 23.2 Å². The molecule has 1 heterocycles. The van der Waals surface area contributed by atoms with E-state index < -0.39 is 34.0 Å². The molecule has 2 aromatic rings. The molecule has 176 valence electrons. The molecule has 33 heavy (non-hydrogen) atoms. The summed E-state index contributed by atoms with van der Waals surface area (Å²) in [5.41, 5.74) is -1.25. The van der Waals surface area contributed by atoms with Crippen LogP contribution >= 0.6 is 0 Å². The Bertz CT molecular complexity index is 1060. The summed E-state index contributed by atoms with van der Waals surface area (Å²) < 4.78 is 39.8. The molecule has 0 saturated carbocycles. The van der Waals surface area contributed by atoms with Gasteiger partial charge in [-0.3, -0.25) is 19.7 Å². The normalized spacial score (nSPS) is 14.4. The molecule has 0 aliphatic carbocycles. The summed E-state index contributed by atoms with van der Waals surface area (Å²) in [6.07, 6.45) is -4.65. The zero-order valence-electron chi connectivity index (χ0n) is 18.1. The molecule has 1 aliphatic rings.